The van der Waals surface area contributed by atoms with Gasteiger partial charge in [-0.05, 0) is 33.0 Å². The Bertz CT molecular complexity index is 590. The summed E-state index contributed by atoms with van der Waals surface area (Å²) >= 11 is 3.36. The van der Waals surface area contributed by atoms with Gasteiger partial charge in [0.05, 0.1) is 4.47 Å². The smallest absolute Gasteiger partial charge is 0.134 e. The van der Waals surface area contributed by atoms with Crippen molar-refractivity contribution in [3.63, 3.8) is 0 Å². The topological polar surface area (TPSA) is 32.3 Å². The summed E-state index contributed by atoms with van der Waals surface area (Å²) in [5.74, 6) is 0.311. The Kier molecular flexibility index (Phi) is 5.07. The molecule has 2 N–H and O–H groups in total. The molecule has 2 rings (SSSR count). The summed E-state index contributed by atoms with van der Waals surface area (Å²) in [6.45, 7) is 7.29. The first-order valence-corrected chi connectivity index (χ1v) is 7.93. The average Bonchev–Trinajstić information content (AvgIpc) is 2.43. The fourth-order valence-electron chi connectivity index (χ4n) is 2.48. The average molecular weight is 348 g/mol. The van der Waals surface area contributed by atoms with Crippen LogP contribution in [0.5, 0.6) is 5.75 Å². The van der Waals surface area contributed by atoms with Crippen LogP contribution < -0.4 is 5.32 Å². The number of aromatic hydroxyl groups is 1. The number of hydrogen-bond acceptors (Lipinski definition) is 2. The summed E-state index contributed by atoms with van der Waals surface area (Å²) in [7, 11) is 0. The number of para-hydroxylation sites is 1. The van der Waals surface area contributed by atoms with Crippen molar-refractivity contribution in [2.75, 3.05) is 0 Å². The molecular formula is C18H22BrNO. The molecule has 112 valence electrons. The van der Waals surface area contributed by atoms with Gasteiger partial charge in [0.15, 0.2) is 0 Å². The third-order valence-corrected chi connectivity index (χ3v) is 4.21. The highest BCUT2D eigenvalue weighted by atomic mass is 79.9. The summed E-state index contributed by atoms with van der Waals surface area (Å²) in [5, 5.41) is 13.7. The Hall–Kier alpha value is -1.32. The lowest BCUT2D eigenvalue weighted by Crippen LogP contribution is -2.32. The predicted molar refractivity (Wildman–Crippen MR) is 91.3 cm³/mol. The zero-order valence-electron chi connectivity index (χ0n) is 12.7. The number of nitrogens with one attached hydrogen (secondary N) is 1. The molecule has 1 atom stereocenters. The Morgan fingerprint density at radius 1 is 1.05 bits per heavy atom. The molecule has 0 aliphatic rings. The SMILES string of the molecule is CC(C)(C)C(NCc1cccc(Br)c1O)c1ccccc1. The number of phenols is 1. The molecule has 3 heteroatoms. The van der Waals surface area contributed by atoms with E-state index in [1.807, 2.05) is 24.3 Å². The van der Waals surface area contributed by atoms with Gasteiger partial charge in [-0.2, -0.15) is 0 Å². The van der Waals surface area contributed by atoms with Gasteiger partial charge in [-0.15, -0.1) is 0 Å². The van der Waals surface area contributed by atoms with Crippen molar-refractivity contribution in [2.45, 2.75) is 33.4 Å². The molecule has 2 aromatic carbocycles. The van der Waals surface area contributed by atoms with Gasteiger partial charge in [0.2, 0.25) is 0 Å². The van der Waals surface area contributed by atoms with Crippen molar-refractivity contribution < 1.29 is 5.11 Å². The van der Waals surface area contributed by atoms with Gasteiger partial charge in [0.25, 0.3) is 0 Å². The van der Waals surface area contributed by atoms with E-state index in [-0.39, 0.29) is 11.5 Å². The first-order valence-electron chi connectivity index (χ1n) is 7.14. The van der Waals surface area contributed by atoms with Crippen LogP contribution in [0.15, 0.2) is 53.0 Å². The summed E-state index contributed by atoms with van der Waals surface area (Å²) < 4.78 is 0.730. The fraction of sp³-hybridized carbons (Fsp3) is 0.333. The Balaban J connectivity index is 2.19. The van der Waals surface area contributed by atoms with E-state index >= 15 is 0 Å². The maximum absolute atomic E-state index is 10.1. The Labute approximate surface area is 135 Å². The maximum atomic E-state index is 10.1. The van der Waals surface area contributed by atoms with E-state index in [1.165, 1.54) is 5.56 Å². The summed E-state index contributed by atoms with van der Waals surface area (Å²) in [5.41, 5.74) is 2.25. The minimum Gasteiger partial charge on any atom is -0.506 e. The first-order chi connectivity index (χ1) is 9.89. The lowest BCUT2D eigenvalue weighted by molar-refractivity contribution is 0.270. The highest BCUT2D eigenvalue weighted by Crippen LogP contribution is 2.34. The minimum absolute atomic E-state index is 0.0863. The standard InChI is InChI=1S/C18H22BrNO/c1-18(2,3)17(13-8-5-4-6-9-13)20-12-14-10-7-11-15(19)16(14)21/h4-11,17,20-21H,12H2,1-3H3. The van der Waals surface area contributed by atoms with Gasteiger partial charge >= 0.3 is 0 Å². The number of halogens is 1. The van der Waals surface area contributed by atoms with Crippen LogP contribution in [0.4, 0.5) is 0 Å². The van der Waals surface area contributed by atoms with Crippen molar-refractivity contribution in [2.24, 2.45) is 5.41 Å². The van der Waals surface area contributed by atoms with Crippen molar-refractivity contribution in [1.29, 1.82) is 0 Å². The van der Waals surface area contributed by atoms with E-state index in [0.717, 1.165) is 10.0 Å². The van der Waals surface area contributed by atoms with Crippen LogP contribution in [-0.2, 0) is 6.54 Å². The maximum Gasteiger partial charge on any atom is 0.134 e. The molecule has 21 heavy (non-hydrogen) atoms. The van der Waals surface area contributed by atoms with E-state index in [9.17, 15) is 5.11 Å². The molecule has 0 saturated heterocycles. The molecule has 0 aromatic heterocycles. The van der Waals surface area contributed by atoms with E-state index in [0.29, 0.717) is 12.3 Å². The molecule has 0 fully saturated rings. The molecule has 0 saturated carbocycles. The molecule has 0 aliphatic heterocycles. The summed E-state index contributed by atoms with van der Waals surface area (Å²) in [6, 6.07) is 16.4. The molecular weight excluding hydrogens is 326 g/mol. The van der Waals surface area contributed by atoms with Crippen LogP contribution in [-0.4, -0.2) is 5.11 Å². The van der Waals surface area contributed by atoms with Crippen molar-refractivity contribution >= 4 is 15.9 Å². The monoisotopic (exact) mass is 347 g/mol. The Morgan fingerprint density at radius 2 is 1.71 bits per heavy atom. The van der Waals surface area contributed by atoms with Crippen LogP contribution in [0.2, 0.25) is 0 Å². The normalized spacial score (nSPS) is 13.1. The third kappa shape index (κ3) is 4.08. The van der Waals surface area contributed by atoms with Crippen LogP contribution >= 0.6 is 15.9 Å². The van der Waals surface area contributed by atoms with Crippen LogP contribution in [0.3, 0.4) is 0 Å². The largest absolute Gasteiger partial charge is 0.506 e. The van der Waals surface area contributed by atoms with Crippen LogP contribution in [0, 0.1) is 5.41 Å². The molecule has 0 amide bonds. The second-order valence-corrected chi connectivity index (χ2v) is 7.19. The van der Waals surface area contributed by atoms with Crippen molar-refractivity contribution in [3.05, 3.63) is 64.1 Å². The van der Waals surface area contributed by atoms with E-state index in [4.69, 9.17) is 0 Å². The number of benzene rings is 2. The zero-order valence-corrected chi connectivity index (χ0v) is 14.3. The highest BCUT2D eigenvalue weighted by Gasteiger charge is 2.25. The first kappa shape index (κ1) is 16.1. The second kappa shape index (κ2) is 6.63. The lowest BCUT2D eigenvalue weighted by Gasteiger charge is -2.32. The predicted octanol–water partition coefficient (Wildman–Crippen LogP) is 5.03. The molecule has 2 nitrogen and oxygen atoms in total. The Morgan fingerprint density at radius 3 is 2.33 bits per heavy atom. The molecule has 0 heterocycles. The highest BCUT2D eigenvalue weighted by molar-refractivity contribution is 9.10. The van der Waals surface area contributed by atoms with Gasteiger partial charge in [0, 0.05) is 18.2 Å². The lowest BCUT2D eigenvalue weighted by atomic mass is 9.82. The van der Waals surface area contributed by atoms with E-state index in [2.05, 4.69) is 66.3 Å². The summed E-state index contributed by atoms with van der Waals surface area (Å²) in [4.78, 5) is 0. The number of rotatable bonds is 4. The number of phenolic OH excluding ortho intramolecular Hbond substituents is 1. The van der Waals surface area contributed by atoms with Gasteiger partial charge in [-0.1, -0.05) is 63.2 Å². The van der Waals surface area contributed by atoms with Gasteiger partial charge < -0.3 is 10.4 Å². The summed E-state index contributed by atoms with van der Waals surface area (Å²) in [6.07, 6.45) is 0. The molecule has 0 aliphatic carbocycles. The molecule has 0 radical (unpaired) electrons. The number of hydrogen-bond donors (Lipinski definition) is 2. The van der Waals surface area contributed by atoms with Crippen LogP contribution in [0.1, 0.15) is 37.9 Å². The molecule has 2 aromatic rings. The molecule has 1 unspecified atom stereocenters. The molecule has 0 bridgehead atoms. The van der Waals surface area contributed by atoms with Crippen molar-refractivity contribution in [1.82, 2.24) is 5.32 Å². The van der Waals surface area contributed by atoms with E-state index in [1.54, 1.807) is 0 Å². The molecule has 0 spiro atoms. The quantitative estimate of drug-likeness (QED) is 0.812. The van der Waals surface area contributed by atoms with E-state index < -0.39 is 0 Å². The minimum atomic E-state index is 0.0863. The fourth-order valence-corrected chi connectivity index (χ4v) is 2.89. The van der Waals surface area contributed by atoms with Gasteiger partial charge in [-0.25, -0.2) is 0 Å². The zero-order chi connectivity index (χ0) is 15.5. The van der Waals surface area contributed by atoms with Gasteiger partial charge in [0.1, 0.15) is 5.75 Å². The van der Waals surface area contributed by atoms with Crippen LogP contribution in [0.25, 0.3) is 0 Å². The third-order valence-electron chi connectivity index (χ3n) is 3.57. The van der Waals surface area contributed by atoms with Gasteiger partial charge in [-0.3, -0.25) is 0 Å². The second-order valence-electron chi connectivity index (χ2n) is 6.34. The van der Waals surface area contributed by atoms with Crippen molar-refractivity contribution in [3.8, 4) is 5.75 Å².